The number of aliphatic hydroxyl groups is 1. The molecule has 0 bridgehead atoms. The lowest BCUT2D eigenvalue weighted by molar-refractivity contribution is 0.0572. The van der Waals surface area contributed by atoms with Gasteiger partial charge in [0.25, 0.3) is 0 Å². The number of hydrogen-bond acceptors (Lipinski definition) is 1. The molecule has 4 heteroatoms. The summed E-state index contributed by atoms with van der Waals surface area (Å²) in [5, 5.41) is 10.4. The summed E-state index contributed by atoms with van der Waals surface area (Å²) >= 11 is 3.33. The Labute approximate surface area is 119 Å². The molecule has 1 nitrogen and oxygen atoms in total. The van der Waals surface area contributed by atoms with E-state index in [-0.39, 0.29) is 0 Å². The van der Waals surface area contributed by atoms with Crippen LogP contribution in [0.15, 0.2) is 46.9 Å². The molecule has 0 amide bonds. The Bertz CT molecular complexity index is 579. The van der Waals surface area contributed by atoms with Crippen LogP contribution < -0.4 is 0 Å². The predicted molar refractivity (Wildman–Crippen MR) is 73.8 cm³/mol. The molecule has 1 N–H and O–H groups in total. The Morgan fingerprint density at radius 3 is 2.26 bits per heavy atom. The average molecular weight is 327 g/mol. The fraction of sp³-hybridized carbons (Fsp3) is 0.200. The first-order chi connectivity index (χ1) is 8.88. The highest BCUT2D eigenvalue weighted by Gasteiger charge is 2.24. The molecule has 0 fully saturated rings. The van der Waals surface area contributed by atoms with Gasteiger partial charge in [0.05, 0.1) is 5.60 Å². The normalized spacial score (nSPS) is 14.2. The Morgan fingerprint density at radius 2 is 1.68 bits per heavy atom. The second kappa shape index (κ2) is 5.39. The summed E-state index contributed by atoms with van der Waals surface area (Å²) in [4.78, 5) is 0. The number of rotatable bonds is 3. The first-order valence-electron chi connectivity index (χ1n) is 5.81. The molecule has 1 unspecified atom stereocenters. The molecule has 0 aromatic heterocycles. The van der Waals surface area contributed by atoms with Gasteiger partial charge in [-0.2, -0.15) is 0 Å². The molecule has 100 valence electrons. The van der Waals surface area contributed by atoms with Gasteiger partial charge in [0.2, 0.25) is 0 Å². The van der Waals surface area contributed by atoms with Crippen LogP contribution in [0.2, 0.25) is 0 Å². The molecule has 2 rings (SSSR count). The standard InChI is InChI=1S/C15H13BrF2O/c1-15(19,9-10-2-5-12(16)6-3-10)11-4-7-13(17)14(18)8-11/h2-8,19H,9H2,1H3. The van der Waals surface area contributed by atoms with Crippen LogP contribution in [0.4, 0.5) is 8.78 Å². The van der Waals surface area contributed by atoms with E-state index in [1.807, 2.05) is 24.3 Å². The second-order valence-corrected chi connectivity index (χ2v) is 5.62. The van der Waals surface area contributed by atoms with Crippen molar-refractivity contribution in [1.82, 2.24) is 0 Å². The third kappa shape index (κ3) is 3.39. The van der Waals surface area contributed by atoms with Gasteiger partial charge in [0.1, 0.15) is 0 Å². The summed E-state index contributed by atoms with van der Waals surface area (Å²) in [6, 6.07) is 11.0. The molecule has 0 heterocycles. The van der Waals surface area contributed by atoms with E-state index in [1.54, 1.807) is 6.92 Å². The maximum absolute atomic E-state index is 13.2. The van der Waals surface area contributed by atoms with E-state index >= 15 is 0 Å². The molecule has 0 aliphatic rings. The van der Waals surface area contributed by atoms with Gasteiger partial charge in [0, 0.05) is 10.9 Å². The number of benzene rings is 2. The first-order valence-corrected chi connectivity index (χ1v) is 6.60. The van der Waals surface area contributed by atoms with Gasteiger partial charge in [-0.15, -0.1) is 0 Å². The summed E-state index contributed by atoms with van der Waals surface area (Å²) in [5.74, 6) is -1.86. The fourth-order valence-electron chi connectivity index (χ4n) is 1.93. The third-order valence-electron chi connectivity index (χ3n) is 3.00. The summed E-state index contributed by atoms with van der Waals surface area (Å²) in [7, 11) is 0. The minimum Gasteiger partial charge on any atom is -0.385 e. The molecule has 1 atom stereocenters. The Balaban J connectivity index is 2.26. The smallest absolute Gasteiger partial charge is 0.159 e. The van der Waals surface area contributed by atoms with Gasteiger partial charge in [-0.1, -0.05) is 34.1 Å². The quantitative estimate of drug-likeness (QED) is 0.897. The van der Waals surface area contributed by atoms with Gasteiger partial charge in [-0.25, -0.2) is 8.78 Å². The predicted octanol–water partition coefficient (Wildman–Crippen LogP) is 4.18. The first kappa shape index (κ1) is 14.2. The minimum absolute atomic E-state index is 0.325. The molecule has 0 radical (unpaired) electrons. The fourth-order valence-corrected chi connectivity index (χ4v) is 2.20. The number of halogens is 3. The summed E-state index contributed by atoms with van der Waals surface area (Å²) in [5.41, 5.74) is 0.0230. The monoisotopic (exact) mass is 326 g/mol. The molecule has 0 saturated heterocycles. The Kier molecular flexibility index (Phi) is 4.02. The van der Waals surface area contributed by atoms with Crippen molar-refractivity contribution >= 4 is 15.9 Å². The van der Waals surface area contributed by atoms with Crippen LogP contribution in [0.25, 0.3) is 0 Å². The van der Waals surface area contributed by atoms with Crippen LogP contribution in [0.3, 0.4) is 0 Å². The number of hydrogen-bond donors (Lipinski definition) is 1. The Morgan fingerprint density at radius 1 is 1.05 bits per heavy atom. The van der Waals surface area contributed by atoms with Crippen molar-refractivity contribution in [3.8, 4) is 0 Å². The minimum atomic E-state index is -1.25. The van der Waals surface area contributed by atoms with Crippen molar-refractivity contribution in [2.24, 2.45) is 0 Å². The topological polar surface area (TPSA) is 20.2 Å². The van der Waals surface area contributed by atoms with Crippen LogP contribution in [0.5, 0.6) is 0 Å². The maximum Gasteiger partial charge on any atom is 0.159 e. The lowest BCUT2D eigenvalue weighted by atomic mass is 9.89. The van der Waals surface area contributed by atoms with E-state index in [0.717, 1.165) is 22.2 Å². The van der Waals surface area contributed by atoms with Crippen molar-refractivity contribution in [3.05, 3.63) is 69.7 Å². The van der Waals surface area contributed by atoms with Crippen LogP contribution in [0, 0.1) is 11.6 Å². The maximum atomic E-state index is 13.2. The second-order valence-electron chi connectivity index (χ2n) is 4.71. The lowest BCUT2D eigenvalue weighted by Gasteiger charge is -2.24. The zero-order chi connectivity index (χ0) is 14.0. The zero-order valence-corrected chi connectivity index (χ0v) is 11.9. The zero-order valence-electron chi connectivity index (χ0n) is 10.3. The highest BCUT2D eigenvalue weighted by Crippen LogP contribution is 2.27. The third-order valence-corrected chi connectivity index (χ3v) is 3.53. The van der Waals surface area contributed by atoms with Gasteiger partial charge in [-0.05, 0) is 42.3 Å². The van der Waals surface area contributed by atoms with E-state index in [2.05, 4.69) is 15.9 Å². The Hall–Kier alpha value is -1.26. The van der Waals surface area contributed by atoms with Crippen LogP contribution >= 0.6 is 15.9 Å². The average Bonchev–Trinajstić information content (AvgIpc) is 2.35. The van der Waals surface area contributed by atoms with Crippen LogP contribution in [-0.4, -0.2) is 5.11 Å². The molecule has 19 heavy (non-hydrogen) atoms. The molecule has 0 spiro atoms. The van der Waals surface area contributed by atoms with Crippen molar-refractivity contribution in [2.75, 3.05) is 0 Å². The van der Waals surface area contributed by atoms with Gasteiger partial charge < -0.3 is 5.11 Å². The van der Waals surface area contributed by atoms with E-state index < -0.39 is 17.2 Å². The molecule has 0 aliphatic carbocycles. The molecule has 0 saturated carbocycles. The van der Waals surface area contributed by atoms with E-state index in [4.69, 9.17) is 0 Å². The van der Waals surface area contributed by atoms with Crippen molar-refractivity contribution < 1.29 is 13.9 Å². The van der Waals surface area contributed by atoms with Crippen molar-refractivity contribution in [1.29, 1.82) is 0 Å². The van der Waals surface area contributed by atoms with E-state index in [1.165, 1.54) is 6.07 Å². The SMILES string of the molecule is CC(O)(Cc1ccc(Br)cc1)c1ccc(F)c(F)c1. The largest absolute Gasteiger partial charge is 0.385 e. The highest BCUT2D eigenvalue weighted by molar-refractivity contribution is 9.10. The van der Waals surface area contributed by atoms with Gasteiger partial charge in [0.15, 0.2) is 11.6 Å². The van der Waals surface area contributed by atoms with Gasteiger partial charge >= 0.3 is 0 Å². The van der Waals surface area contributed by atoms with E-state index in [0.29, 0.717) is 12.0 Å². The van der Waals surface area contributed by atoms with Crippen LogP contribution in [-0.2, 0) is 12.0 Å². The summed E-state index contributed by atoms with van der Waals surface area (Å²) in [6.45, 7) is 1.59. The molecular formula is C15H13BrF2O. The summed E-state index contributed by atoms with van der Waals surface area (Å²) < 4.78 is 27.1. The molecule has 2 aromatic carbocycles. The van der Waals surface area contributed by atoms with E-state index in [9.17, 15) is 13.9 Å². The van der Waals surface area contributed by atoms with Crippen molar-refractivity contribution in [2.45, 2.75) is 18.9 Å². The van der Waals surface area contributed by atoms with Crippen molar-refractivity contribution in [3.63, 3.8) is 0 Å². The molecular weight excluding hydrogens is 314 g/mol. The van der Waals surface area contributed by atoms with Crippen LogP contribution in [0.1, 0.15) is 18.1 Å². The van der Waals surface area contributed by atoms with Gasteiger partial charge in [-0.3, -0.25) is 0 Å². The molecule has 2 aromatic rings. The highest BCUT2D eigenvalue weighted by atomic mass is 79.9. The lowest BCUT2D eigenvalue weighted by Crippen LogP contribution is -2.24. The molecule has 0 aliphatic heterocycles. The summed E-state index contributed by atoms with van der Waals surface area (Å²) in [6.07, 6.45) is 0.325.